The van der Waals surface area contributed by atoms with E-state index in [-0.39, 0.29) is 11.8 Å². The predicted molar refractivity (Wildman–Crippen MR) is 110 cm³/mol. The highest BCUT2D eigenvalue weighted by molar-refractivity contribution is 5.96. The highest BCUT2D eigenvalue weighted by atomic mass is 16.5. The Balaban J connectivity index is 1.81. The number of hydrogen-bond donors (Lipinski definition) is 0. The van der Waals surface area contributed by atoms with Gasteiger partial charge >= 0.3 is 5.97 Å². The Kier molecular flexibility index (Phi) is 8.76. The zero-order valence-corrected chi connectivity index (χ0v) is 16.5. The fourth-order valence-electron chi connectivity index (χ4n) is 3.12. The maximum absolute atomic E-state index is 12.3. The summed E-state index contributed by atoms with van der Waals surface area (Å²) in [6, 6.07) is 15.1. The Bertz CT molecular complexity index is 714. The molecule has 0 N–H and O–H groups in total. The molecular formula is C24H30O3. The summed E-state index contributed by atoms with van der Waals surface area (Å²) in [7, 11) is 0. The molecule has 3 nitrogen and oxygen atoms in total. The van der Waals surface area contributed by atoms with E-state index in [0.29, 0.717) is 12.2 Å². The fourth-order valence-corrected chi connectivity index (χ4v) is 3.12. The summed E-state index contributed by atoms with van der Waals surface area (Å²) >= 11 is 0. The van der Waals surface area contributed by atoms with Crippen LogP contribution in [0.3, 0.4) is 0 Å². The number of esters is 1. The zero-order chi connectivity index (χ0) is 19.5. The van der Waals surface area contributed by atoms with Crippen LogP contribution in [0.5, 0.6) is 5.75 Å². The van der Waals surface area contributed by atoms with E-state index in [0.717, 1.165) is 29.5 Å². The van der Waals surface area contributed by atoms with Crippen molar-refractivity contribution >= 4 is 11.8 Å². The minimum absolute atomic E-state index is 0.223. The van der Waals surface area contributed by atoms with Crippen molar-refractivity contribution in [2.75, 3.05) is 0 Å². The lowest BCUT2D eigenvalue weighted by molar-refractivity contribution is -0.131. The smallest absolute Gasteiger partial charge is 0.308 e. The maximum Gasteiger partial charge on any atom is 0.308 e. The van der Waals surface area contributed by atoms with E-state index >= 15 is 0 Å². The average Bonchev–Trinajstić information content (AvgIpc) is 2.67. The lowest BCUT2D eigenvalue weighted by atomic mass is 9.99. The number of ketones is 1. The van der Waals surface area contributed by atoms with Crippen LogP contribution in [0.4, 0.5) is 0 Å². The lowest BCUT2D eigenvalue weighted by Gasteiger charge is -2.06. The molecule has 0 amide bonds. The number of unbranched alkanes of at least 4 members (excludes halogenated alkanes) is 6. The third-order valence-electron chi connectivity index (χ3n) is 4.66. The van der Waals surface area contributed by atoms with Crippen LogP contribution < -0.4 is 4.74 Å². The van der Waals surface area contributed by atoms with Gasteiger partial charge < -0.3 is 4.74 Å². The number of rotatable bonds is 11. The zero-order valence-electron chi connectivity index (χ0n) is 16.5. The van der Waals surface area contributed by atoms with Crippen molar-refractivity contribution in [3.63, 3.8) is 0 Å². The molecule has 0 spiro atoms. The summed E-state index contributed by atoms with van der Waals surface area (Å²) in [5.74, 6) is 0.430. The van der Waals surface area contributed by atoms with Crippen LogP contribution in [0.1, 0.15) is 75.6 Å². The highest BCUT2D eigenvalue weighted by Crippen LogP contribution is 2.23. The molecule has 27 heavy (non-hydrogen) atoms. The van der Waals surface area contributed by atoms with E-state index in [1.165, 1.54) is 39.0 Å². The molecule has 0 radical (unpaired) electrons. The number of benzene rings is 2. The van der Waals surface area contributed by atoms with Gasteiger partial charge in [0, 0.05) is 18.9 Å². The van der Waals surface area contributed by atoms with E-state index in [4.69, 9.17) is 4.74 Å². The van der Waals surface area contributed by atoms with Gasteiger partial charge in [0.1, 0.15) is 5.75 Å². The largest absolute Gasteiger partial charge is 0.427 e. The van der Waals surface area contributed by atoms with Crippen LogP contribution >= 0.6 is 0 Å². The van der Waals surface area contributed by atoms with Gasteiger partial charge in [-0.25, -0.2) is 0 Å². The number of hydrogen-bond acceptors (Lipinski definition) is 3. The monoisotopic (exact) mass is 366 g/mol. The molecule has 0 saturated heterocycles. The third kappa shape index (κ3) is 7.38. The first kappa shape index (κ1) is 20.9. The summed E-state index contributed by atoms with van der Waals surface area (Å²) in [4.78, 5) is 23.3. The lowest BCUT2D eigenvalue weighted by Crippen LogP contribution is -2.00. The van der Waals surface area contributed by atoms with Crippen molar-refractivity contribution in [2.24, 2.45) is 0 Å². The van der Waals surface area contributed by atoms with Crippen LogP contribution in [-0.2, 0) is 4.79 Å². The van der Waals surface area contributed by atoms with Crippen molar-refractivity contribution in [3.8, 4) is 16.9 Å². The first-order chi connectivity index (χ1) is 13.1. The van der Waals surface area contributed by atoms with Crippen molar-refractivity contribution < 1.29 is 14.3 Å². The summed E-state index contributed by atoms with van der Waals surface area (Å²) in [5, 5.41) is 0. The van der Waals surface area contributed by atoms with Crippen LogP contribution in [0, 0.1) is 0 Å². The molecule has 0 atom stereocenters. The standard InChI is InChI=1S/C24H30O3/c1-3-4-5-6-7-8-9-10-24(26)22-13-11-20(12-14-22)21-15-17-23(18-16-21)27-19(2)25/h11-18H,3-10H2,1-2H3. The maximum atomic E-state index is 12.3. The van der Waals surface area contributed by atoms with Gasteiger partial charge in [0.2, 0.25) is 0 Å². The van der Waals surface area contributed by atoms with Gasteiger partial charge in [0.25, 0.3) is 0 Å². The minimum Gasteiger partial charge on any atom is -0.427 e. The molecule has 3 heteroatoms. The van der Waals surface area contributed by atoms with Gasteiger partial charge in [0.15, 0.2) is 5.78 Å². The topological polar surface area (TPSA) is 43.4 Å². The molecule has 0 aliphatic heterocycles. The third-order valence-corrected chi connectivity index (χ3v) is 4.66. The molecule has 2 aromatic carbocycles. The highest BCUT2D eigenvalue weighted by Gasteiger charge is 2.07. The van der Waals surface area contributed by atoms with E-state index in [1.54, 1.807) is 12.1 Å². The molecule has 0 fully saturated rings. The van der Waals surface area contributed by atoms with Crippen LogP contribution in [0.25, 0.3) is 11.1 Å². The number of ether oxygens (including phenoxy) is 1. The summed E-state index contributed by atoms with van der Waals surface area (Å²) in [6.07, 6.45) is 9.16. The van der Waals surface area contributed by atoms with E-state index in [2.05, 4.69) is 6.92 Å². The Hall–Kier alpha value is -2.42. The quantitative estimate of drug-likeness (QED) is 0.195. The Morgan fingerprint density at radius 1 is 0.741 bits per heavy atom. The van der Waals surface area contributed by atoms with Crippen LogP contribution in [-0.4, -0.2) is 11.8 Å². The van der Waals surface area contributed by atoms with Gasteiger partial charge in [-0.1, -0.05) is 81.8 Å². The molecule has 2 rings (SSSR count). The molecule has 0 bridgehead atoms. The second kappa shape index (κ2) is 11.3. The van der Waals surface area contributed by atoms with Gasteiger partial charge in [-0.15, -0.1) is 0 Å². The Labute approximate surface area is 162 Å². The van der Waals surface area contributed by atoms with Crippen LogP contribution in [0.2, 0.25) is 0 Å². The number of Topliss-reactive ketones (excluding diaryl/α,β-unsaturated/α-hetero) is 1. The van der Waals surface area contributed by atoms with Gasteiger partial charge in [0.05, 0.1) is 0 Å². The fraction of sp³-hybridized carbons (Fsp3) is 0.417. The van der Waals surface area contributed by atoms with Crippen molar-refractivity contribution in [3.05, 3.63) is 54.1 Å². The number of carbonyl (C=O) groups is 2. The van der Waals surface area contributed by atoms with E-state index < -0.39 is 0 Å². The molecule has 0 aliphatic carbocycles. The molecule has 0 unspecified atom stereocenters. The summed E-state index contributed by atoms with van der Waals surface area (Å²) in [5.41, 5.74) is 2.84. The average molecular weight is 367 g/mol. The molecular weight excluding hydrogens is 336 g/mol. The van der Waals surface area contributed by atoms with Crippen LogP contribution in [0.15, 0.2) is 48.5 Å². The van der Waals surface area contributed by atoms with Crippen molar-refractivity contribution in [1.82, 2.24) is 0 Å². The second-order valence-electron chi connectivity index (χ2n) is 6.99. The normalized spacial score (nSPS) is 10.6. The first-order valence-electron chi connectivity index (χ1n) is 10.0. The molecule has 0 saturated carbocycles. The molecule has 0 aromatic heterocycles. The van der Waals surface area contributed by atoms with Gasteiger partial charge in [-0.3, -0.25) is 9.59 Å². The summed E-state index contributed by atoms with van der Waals surface area (Å²) < 4.78 is 5.05. The van der Waals surface area contributed by atoms with Crippen molar-refractivity contribution in [1.29, 1.82) is 0 Å². The molecule has 144 valence electrons. The molecule has 0 aliphatic rings. The molecule has 2 aromatic rings. The second-order valence-corrected chi connectivity index (χ2v) is 6.99. The Morgan fingerprint density at radius 3 is 1.81 bits per heavy atom. The van der Waals surface area contributed by atoms with Crippen molar-refractivity contribution in [2.45, 2.75) is 65.2 Å². The Morgan fingerprint density at radius 2 is 1.26 bits per heavy atom. The predicted octanol–water partition coefficient (Wildman–Crippen LogP) is 6.60. The SMILES string of the molecule is CCCCCCCCCC(=O)c1ccc(-c2ccc(OC(C)=O)cc2)cc1. The van der Waals surface area contributed by atoms with E-state index in [9.17, 15) is 9.59 Å². The van der Waals surface area contributed by atoms with E-state index in [1.807, 2.05) is 36.4 Å². The van der Waals surface area contributed by atoms with Gasteiger partial charge in [-0.2, -0.15) is 0 Å². The number of carbonyl (C=O) groups excluding carboxylic acids is 2. The summed E-state index contributed by atoms with van der Waals surface area (Å²) in [6.45, 7) is 3.61. The minimum atomic E-state index is -0.327. The molecule has 0 heterocycles. The first-order valence-corrected chi connectivity index (χ1v) is 10.0. The van der Waals surface area contributed by atoms with Gasteiger partial charge in [-0.05, 0) is 29.7 Å².